The first-order chi connectivity index (χ1) is 11.0. The molecule has 0 saturated carbocycles. The van der Waals surface area contributed by atoms with Crippen molar-refractivity contribution in [3.63, 3.8) is 0 Å². The minimum atomic E-state index is -0.994. The van der Waals surface area contributed by atoms with Gasteiger partial charge in [-0.1, -0.05) is 29.8 Å². The molecular formula is C16H14ClFN2O3. The lowest BCUT2D eigenvalue weighted by Gasteiger charge is -2.15. The predicted octanol–water partition coefficient (Wildman–Crippen LogP) is 2.71. The lowest BCUT2D eigenvalue weighted by Crippen LogP contribution is -2.47. The smallest absolute Gasteiger partial charge is 0.279 e. The average Bonchev–Trinajstić information content (AvgIpc) is 2.54. The monoisotopic (exact) mass is 336 g/mol. The van der Waals surface area contributed by atoms with Gasteiger partial charge in [0.05, 0.1) is 0 Å². The standard InChI is InChI=1S/C16H14ClFN2O3/c1-10(23-14-8-3-2-7-13(14)18)15(21)19-20-16(22)11-5-4-6-12(17)9-11/h2-10H,1H3,(H,19,21)(H,20,22)/t10-/m1/s1. The highest BCUT2D eigenvalue weighted by atomic mass is 35.5. The second kappa shape index (κ2) is 7.60. The Kier molecular flexibility index (Phi) is 5.54. The molecule has 0 aromatic heterocycles. The molecule has 2 aromatic carbocycles. The van der Waals surface area contributed by atoms with E-state index in [1.54, 1.807) is 24.3 Å². The Morgan fingerprint density at radius 1 is 1.13 bits per heavy atom. The van der Waals surface area contributed by atoms with Crippen LogP contribution in [0.15, 0.2) is 48.5 Å². The van der Waals surface area contributed by atoms with Crippen LogP contribution in [0, 0.1) is 5.82 Å². The van der Waals surface area contributed by atoms with Crippen LogP contribution >= 0.6 is 11.6 Å². The molecule has 0 aliphatic rings. The van der Waals surface area contributed by atoms with E-state index in [4.69, 9.17) is 16.3 Å². The fourth-order valence-electron chi connectivity index (χ4n) is 1.71. The maximum Gasteiger partial charge on any atom is 0.279 e. The van der Waals surface area contributed by atoms with E-state index in [1.165, 1.54) is 31.2 Å². The molecular weight excluding hydrogens is 323 g/mol. The normalized spacial score (nSPS) is 11.4. The number of rotatable bonds is 4. The van der Waals surface area contributed by atoms with Gasteiger partial charge in [-0.2, -0.15) is 0 Å². The van der Waals surface area contributed by atoms with Gasteiger partial charge in [0.15, 0.2) is 17.7 Å². The zero-order chi connectivity index (χ0) is 16.8. The quantitative estimate of drug-likeness (QED) is 0.844. The van der Waals surface area contributed by atoms with E-state index in [2.05, 4.69) is 10.9 Å². The topological polar surface area (TPSA) is 67.4 Å². The van der Waals surface area contributed by atoms with Gasteiger partial charge in [0.2, 0.25) is 0 Å². The molecule has 0 saturated heterocycles. The number of nitrogens with one attached hydrogen (secondary N) is 2. The van der Waals surface area contributed by atoms with Crippen LogP contribution in [0.2, 0.25) is 5.02 Å². The van der Waals surface area contributed by atoms with Crippen LogP contribution in [0.3, 0.4) is 0 Å². The van der Waals surface area contributed by atoms with E-state index in [0.29, 0.717) is 10.6 Å². The van der Waals surface area contributed by atoms with E-state index in [9.17, 15) is 14.0 Å². The summed E-state index contributed by atoms with van der Waals surface area (Å²) in [7, 11) is 0. The van der Waals surface area contributed by atoms with Crippen molar-refractivity contribution in [1.29, 1.82) is 0 Å². The largest absolute Gasteiger partial charge is 0.478 e. The van der Waals surface area contributed by atoms with Gasteiger partial charge >= 0.3 is 0 Å². The Balaban J connectivity index is 1.89. The van der Waals surface area contributed by atoms with Gasteiger partial charge in [-0.15, -0.1) is 0 Å². The molecule has 0 aliphatic heterocycles. The van der Waals surface area contributed by atoms with E-state index >= 15 is 0 Å². The van der Waals surface area contributed by atoms with Gasteiger partial charge in [0.25, 0.3) is 11.8 Å². The van der Waals surface area contributed by atoms with Gasteiger partial charge in [-0.05, 0) is 37.3 Å². The molecule has 0 aliphatic carbocycles. The summed E-state index contributed by atoms with van der Waals surface area (Å²) < 4.78 is 18.7. The number of halogens is 2. The van der Waals surface area contributed by atoms with Crippen molar-refractivity contribution in [2.45, 2.75) is 13.0 Å². The number of amides is 2. The number of carbonyl (C=O) groups excluding carboxylic acids is 2. The number of hydrazine groups is 1. The predicted molar refractivity (Wildman–Crippen MR) is 83.6 cm³/mol. The third-order valence-electron chi connectivity index (χ3n) is 2.90. The van der Waals surface area contributed by atoms with Gasteiger partial charge < -0.3 is 4.74 Å². The van der Waals surface area contributed by atoms with E-state index < -0.39 is 23.7 Å². The van der Waals surface area contributed by atoms with Crippen LogP contribution < -0.4 is 15.6 Å². The third-order valence-corrected chi connectivity index (χ3v) is 3.13. The van der Waals surface area contributed by atoms with E-state index in [-0.39, 0.29) is 5.75 Å². The van der Waals surface area contributed by atoms with Gasteiger partial charge in [-0.3, -0.25) is 20.4 Å². The molecule has 5 nitrogen and oxygen atoms in total. The molecule has 0 bridgehead atoms. The maximum atomic E-state index is 13.4. The molecule has 2 amide bonds. The minimum absolute atomic E-state index is 0.0451. The van der Waals surface area contributed by atoms with Crippen LogP contribution in [0.1, 0.15) is 17.3 Å². The van der Waals surface area contributed by atoms with Crippen molar-refractivity contribution in [2.24, 2.45) is 0 Å². The molecule has 0 unspecified atom stereocenters. The summed E-state index contributed by atoms with van der Waals surface area (Å²) in [4.78, 5) is 23.7. The summed E-state index contributed by atoms with van der Waals surface area (Å²) in [6.45, 7) is 1.44. The van der Waals surface area contributed by atoms with Crippen molar-refractivity contribution in [2.75, 3.05) is 0 Å². The van der Waals surface area contributed by atoms with Crippen molar-refractivity contribution in [3.05, 3.63) is 64.9 Å². The molecule has 23 heavy (non-hydrogen) atoms. The molecule has 1 atom stereocenters. The molecule has 0 radical (unpaired) electrons. The lowest BCUT2D eigenvalue weighted by atomic mass is 10.2. The number of para-hydroxylation sites is 1. The summed E-state index contributed by atoms with van der Waals surface area (Å²) >= 11 is 5.78. The molecule has 7 heteroatoms. The fraction of sp³-hybridized carbons (Fsp3) is 0.125. The molecule has 2 aromatic rings. The van der Waals surface area contributed by atoms with E-state index in [1.807, 2.05) is 0 Å². The Bertz CT molecular complexity index is 724. The maximum absolute atomic E-state index is 13.4. The second-order valence-corrected chi connectivity index (χ2v) is 5.08. The number of hydrogen-bond acceptors (Lipinski definition) is 3. The zero-order valence-corrected chi connectivity index (χ0v) is 12.9. The van der Waals surface area contributed by atoms with Gasteiger partial charge in [0, 0.05) is 10.6 Å². The SMILES string of the molecule is C[C@@H](Oc1ccccc1F)C(=O)NNC(=O)c1cccc(Cl)c1. The molecule has 0 fully saturated rings. The highest BCUT2D eigenvalue weighted by Crippen LogP contribution is 2.17. The second-order valence-electron chi connectivity index (χ2n) is 4.64. The van der Waals surface area contributed by atoms with Gasteiger partial charge in [-0.25, -0.2) is 4.39 Å². The summed E-state index contributed by atoms with van der Waals surface area (Å²) in [5, 5.41) is 0.403. The lowest BCUT2D eigenvalue weighted by molar-refractivity contribution is -0.128. The molecule has 0 spiro atoms. The van der Waals surface area contributed by atoms with Crippen LogP contribution in [0.5, 0.6) is 5.75 Å². The van der Waals surface area contributed by atoms with Crippen molar-refractivity contribution in [3.8, 4) is 5.75 Å². The van der Waals surface area contributed by atoms with E-state index in [0.717, 1.165) is 0 Å². The highest BCUT2D eigenvalue weighted by molar-refractivity contribution is 6.30. The first-order valence-electron chi connectivity index (χ1n) is 6.74. The Morgan fingerprint density at radius 3 is 2.57 bits per heavy atom. The zero-order valence-electron chi connectivity index (χ0n) is 12.2. The summed E-state index contributed by atoms with van der Waals surface area (Å²) in [5.41, 5.74) is 4.74. The van der Waals surface area contributed by atoms with Crippen LogP contribution in [0.4, 0.5) is 4.39 Å². The van der Waals surface area contributed by atoms with Crippen molar-refractivity contribution < 1.29 is 18.7 Å². The molecule has 2 rings (SSSR count). The Hall–Kier alpha value is -2.60. The molecule has 2 N–H and O–H groups in total. The molecule has 0 heterocycles. The van der Waals surface area contributed by atoms with Gasteiger partial charge in [0.1, 0.15) is 0 Å². The summed E-state index contributed by atoms with van der Waals surface area (Å²) in [6, 6.07) is 12.0. The third kappa shape index (κ3) is 4.69. The number of hydrogen-bond donors (Lipinski definition) is 2. The Morgan fingerprint density at radius 2 is 1.87 bits per heavy atom. The van der Waals surface area contributed by atoms with Crippen LogP contribution in [-0.2, 0) is 4.79 Å². The molecule has 120 valence electrons. The number of benzene rings is 2. The first kappa shape index (κ1) is 16.8. The van der Waals surface area contributed by atoms with Crippen molar-refractivity contribution in [1.82, 2.24) is 10.9 Å². The average molecular weight is 337 g/mol. The van der Waals surface area contributed by atoms with Crippen LogP contribution in [0.25, 0.3) is 0 Å². The summed E-state index contributed by atoms with van der Waals surface area (Å²) in [6.07, 6.45) is -0.994. The Labute approximate surface area is 137 Å². The van der Waals surface area contributed by atoms with Crippen molar-refractivity contribution >= 4 is 23.4 Å². The first-order valence-corrected chi connectivity index (χ1v) is 7.12. The van der Waals surface area contributed by atoms with Crippen LogP contribution in [-0.4, -0.2) is 17.9 Å². The minimum Gasteiger partial charge on any atom is -0.478 e. The summed E-state index contributed by atoms with van der Waals surface area (Å²) in [5.74, 6) is -1.77. The number of carbonyl (C=O) groups is 2. The number of ether oxygens (including phenoxy) is 1. The highest BCUT2D eigenvalue weighted by Gasteiger charge is 2.17. The fourth-order valence-corrected chi connectivity index (χ4v) is 1.90.